The summed E-state index contributed by atoms with van der Waals surface area (Å²) in [6.45, 7) is 3.82. The smallest absolute Gasteiger partial charge is 0.243 e. The Morgan fingerprint density at radius 2 is 2.00 bits per heavy atom. The van der Waals surface area contributed by atoms with Gasteiger partial charge in [-0.05, 0) is 56.3 Å². The molecule has 1 aromatic carbocycles. The molecule has 1 aliphatic heterocycles. The van der Waals surface area contributed by atoms with Crippen molar-refractivity contribution in [1.29, 1.82) is 0 Å². The summed E-state index contributed by atoms with van der Waals surface area (Å²) >= 11 is 0. The van der Waals surface area contributed by atoms with Gasteiger partial charge in [0.1, 0.15) is 0 Å². The van der Waals surface area contributed by atoms with E-state index in [-0.39, 0.29) is 0 Å². The second kappa shape index (κ2) is 6.03. The molecular weight excluding hydrogens is 260 g/mol. The molecule has 1 fully saturated rings. The standard InChI is InChI=1S/C14H22N2O2S/c1-12-3-2-4-14(11-12)19(17,18)16-9-6-13(5-8-15)7-10-16/h2-4,11,13H,5-10,15H2,1H3. The Bertz CT molecular complexity index is 520. The highest BCUT2D eigenvalue weighted by Gasteiger charge is 2.28. The van der Waals surface area contributed by atoms with E-state index in [4.69, 9.17) is 5.73 Å². The molecule has 106 valence electrons. The highest BCUT2D eigenvalue weighted by molar-refractivity contribution is 7.89. The summed E-state index contributed by atoms with van der Waals surface area (Å²) in [5.41, 5.74) is 6.53. The molecule has 0 aromatic heterocycles. The maximum atomic E-state index is 12.5. The molecule has 0 atom stereocenters. The van der Waals surface area contributed by atoms with Gasteiger partial charge in [0, 0.05) is 13.1 Å². The Labute approximate surface area is 115 Å². The number of piperidine rings is 1. The van der Waals surface area contributed by atoms with Gasteiger partial charge in [-0.25, -0.2) is 8.42 Å². The Morgan fingerprint density at radius 1 is 1.32 bits per heavy atom. The Hall–Kier alpha value is -0.910. The first-order chi connectivity index (χ1) is 9.04. The molecule has 0 spiro atoms. The SMILES string of the molecule is Cc1cccc(S(=O)(=O)N2CCC(CCN)CC2)c1. The highest BCUT2D eigenvalue weighted by atomic mass is 32.2. The lowest BCUT2D eigenvalue weighted by molar-refractivity contribution is 0.266. The van der Waals surface area contributed by atoms with Gasteiger partial charge in [0.05, 0.1) is 4.90 Å². The van der Waals surface area contributed by atoms with Crippen LogP contribution in [0.25, 0.3) is 0 Å². The minimum Gasteiger partial charge on any atom is -0.330 e. The molecule has 1 aromatic rings. The maximum Gasteiger partial charge on any atom is 0.243 e. The van der Waals surface area contributed by atoms with E-state index in [9.17, 15) is 8.42 Å². The summed E-state index contributed by atoms with van der Waals surface area (Å²) < 4.78 is 26.6. The largest absolute Gasteiger partial charge is 0.330 e. The van der Waals surface area contributed by atoms with E-state index in [1.54, 1.807) is 22.5 Å². The quantitative estimate of drug-likeness (QED) is 0.915. The van der Waals surface area contributed by atoms with Gasteiger partial charge >= 0.3 is 0 Å². The van der Waals surface area contributed by atoms with E-state index >= 15 is 0 Å². The van der Waals surface area contributed by atoms with Gasteiger partial charge < -0.3 is 5.73 Å². The second-order valence-electron chi connectivity index (χ2n) is 5.24. The Morgan fingerprint density at radius 3 is 2.58 bits per heavy atom. The van der Waals surface area contributed by atoms with E-state index in [0.717, 1.165) is 24.8 Å². The molecule has 0 bridgehead atoms. The normalized spacial score (nSPS) is 18.6. The molecule has 5 heteroatoms. The summed E-state index contributed by atoms with van der Waals surface area (Å²) in [5.74, 6) is 0.578. The predicted molar refractivity (Wildman–Crippen MR) is 76.3 cm³/mol. The van der Waals surface area contributed by atoms with Crippen molar-refractivity contribution in [2.24, 2.45) is 11.7 Å². The zero-order valence-electron chi connectivity index (χ0n) is 11.4. The molecule has 0 aliphatic carbocycles. The first-order valence-electron chi connectivity index (χ1n) is 6.81. The van der Waals surface area contributed by atoms with Crippen molar-refractivity contribution in [1.82, 2.24) is 4.31 Å². The van der Waals surface area contributed by atoms with Crippen molar-refractivity contribution in [2.45, 2.75) is 31.1 Å². The summed E-state index contributed by atoms with van der Waals surface area (Å²) in [6.07, 6.45) is 2.84. The van der Waals surface area contributed by atoms with Crippen LogP contribution in [0.5, 0.6) is 0 Å². The summed E-state index contributed by atoms with van der Waals surface area (Å²) in [6, 6.07) is 7.12. The molecule has 1 heterocycles. The number of benzene rings is 1. The van der Waals surface area contributed by atoms with Gasteiger partial charge in [-0.15, -0.1) is 0 Å². The van der Waals surface area contributed by atoms with Gasteiger partial charge in [0.2, 0.25) is 10.0 Å². The summed E-state index contributed by atoms with van der Waals surface area (Å²) in [5, 5.41) is 0. The molecule has 1 aliphatic rings. The lowest BCUT2D eigenvalue weighted by Gasteiger charge is -2.31. The molecule has 2 rings (SSSR count). The van der Waals surface area contributed by atoms with Crippen molar-refractivity contribution < 1.29 is 8.42 Å². The van der Waals surface area contributed by atoms with Crippen LogP contribution in [0.1, 0.15) is 24.8 Å². The van der Waals surface area contributed by atoms with Crippen molar-refractivity contribution >= 4 is 10.0 Å². The van der Waals surface area contributed by atoms with Gasteiger partial charge in [-0.1, -0.05) is 12.1 Å². The van der Waals surface area contributed by atoms with Gasteiger partial charge in [-0.2, -0.15) is 4.31 Å². The Kier molecular flexibility index (Phi) is 4.60. The zero-order valence-corrected chi connectivity index (χ0v) is 12.2. The van der Waals surface area contributed by atoms with Gasteiger partial charge in [-0.3, -0.25) is 0 Å². The lowest BCUT2D eigenvalue weighted by Crippen LogP contribution is -2.38. The lowest BCUT2D eigenvalue weighted by atomic mass is 9.95. The third kappa shape index (κ3) is 3.35. The molecule has 4 nitrogen and oxygen atoms in total. The molecule has 0 unspecified atom stereocenters. The summed E-state index contributed by atoms with van der Waals surface area (Å²) in [4.78, 5) is 0.407. The molecular formula is C14H22N2O2S. The molecule has 0 saturated carbocycles. The fourth-order valence-electron chi connectivity index (χ4n) is 2.60. The van der Waals surface area contributed by atoms with Gasteiger partial charge in [0.15, 0.2) is 0 Å². The van der Waals surface area contributed by atoms with Crippen molar-refractivity contribution in [3.05, 3.63) is 29.8 Å². The van der Waals surface area contributed by atoms with Crippen molar-refractivity contribution in [3.63, 3.8) is 0 Å². The van der Waals surface area contributed by atoms with E-state index in [1.807, 2.05) is 13.0 Å². The van der Waals surface area contributed by atoms with E-state index in [1.165, 1.54) is 0 Å². The van der Waals surface area contributed by atoms with Crippen LogP contribution >= 0.6 is 0 Å². The van der Waals surface area contributed by atoms with Crippen molar-refractivity contribution in [3.8, 4) is 0 Å². The first kappa shape index (κ1) is 14.5. The highest BCUT2D eigenvalue weighted by Crippen LogP contribution is 2.25. The van der Waals surface area contributed by atoms with Crippen LogP contribution in [0.4, 0.5) is 0 Å². The van der Waals surface area contributed by atoms with Crippen LogP contribution in [0.15, 0.2) is 29.2 Å². The third-order valence-corrected chi connectivity index (χ3v) is 5.67. The number of sulfonamides is 1. The zero-order chi connectivity index (χ0) is 13.9. The minimum absolute atomic E-state index is 0.407. The van der Waals surface area contributed by atoms with Crippen LogP contribution in [0.2, 0.25) is 0 Å². The van der Waals surface area contributed by atoms with E-state index in [2.05, 4.69) is 0 Å². The Balaban J connectivity index is 2.10. The summed E-state index contributed by atoms with van der Waals surface area (Å²) in [7, 11) is -3.32. The molecule has 0 amide bonds. The van der Waals surface area contributed by atoms with E-state index in [0.29, 0.717) is 30.4 Å². The van der Waals surface area contributed by atoms with E-state index < -0.39 is 10.0 Å². The predicted octanol–water partition coefficient (Wildman–Crippen LogP) is 1.74. The number of hydrogen-bond donors (Lipinski definition) is 1. The maximum absolute atomic E-state index is 12.5. The second-order valence-corrected chi connectivity index (χ2v) is 7.18. The molecule has 1 saturated heterocycles. The number of nitrogens with two attached hydrogens (primary N) is 1. The average Bonchev–Trinajstić information content (AvgIpc) is 2.40. The van der Waals surface area contributed by atoms with Crippen LogP contribution in [-0.4, -0.2) is 32.4 Å². The molecule has 2 N–H and O–H groups in total. The third-order valence-electron chi connectivity index (χ3n) is 3.78. The number of aryl methyl sites for hydroxylation is 1. The van der Waals surface area contributed by atoms with Crippen LogP contribution < -0.4 is 5.73 Å². The number of rotatable bonds is 4. The van der Waals surface area contributed by atoms with Gasteiger partial charge in [0.25, 0.3) is 0 Å². The average molecular weight is 282 g/mol. The fraction of sp³-hybridized carbons (Fsp3) is 0.571. The number of nitrogens with zero attached hydrogens (tertiary/aromatic N) is 1. The topological polar surface area (TPSA) is 63.4 Å². The minimum atomic E-state index is -3.32. The molecule has 0 radical (unpaired) electrons. The molecule has 19 heavy (non-hydrogen) atoms. The van der Waals surface area contributed by atoms with Crippen molar-refractivity contribution in [2.75, 3.05) is 19.6 Å². The van der Waals surface area contributed by atoms with Crippen LogP contribution in [0.3, 0.4) is 0 Å². The monoisotopic (exact) mass is 282 g/mol. The van der Waals surface area contributed by atoms with Crippen LogP contribution in [0, 0.1) is 12.8 Å². The fourth-order valence-corrected chi connectivity index (χ4v) is 4.17. The first-order valence-corrected chi connectivity index (χ1v) is 8.25. The number of hydrogen-bond acceptors (Lipinski definition) is 3. The van der Waals surface area contributed by atoms with Crippen LogP contribution in [-0.2, 0) is 10.0 Å².